The molecule has 1 fully saturated rings. The lowest BCUT2D eigenvalue weighted by molar-refractivity contribution is -0.137. The average molecular weight is 1270 g/mol. The third-order valence-corrected chi connectivity index (χ3v) is 17.7. The van der Waals surface area contributed by atoms with E-state index in [-0.39, 0.29) is 104 Å². The SMILES string of the molecule is CC[C@H](C)[C@H](NC(=O)[C@@H](Cc1ccccc1)NC)C(=O)C[C@@H](CO)C(=O)N[C@H](CCC(N)=O)C(=O)C[C@@H](C(C)=O)[C@@H](C)CC.CC[C@H](C)[C@H](NC)C(=O)C[C@@H](CO)C(=O)N[C@H]1C(=O)N[C@@H](C)C(=O)N[C@@H](C[C@H]2CN=C(N)N2)C(=O)N[C@@H]([C@@H](C)CC)C(=O)C[C@H]1C. The Bertz CT molecular complexity index is 2610. The maximum Gasteiger partial charge on any atom is 0.243 e. The summed E-state index contributed by atoms with van der Waals surface area (Å²) in [7, 11) is 3.32. The Morgan fingerprint density at radius 3 is 1.76 bits per heavy atom. The zero-order valence-electron chi connectivity index (χ0n) is 55.2. The second-order valence-electron chi connectivity index (χ2n) is 24.6. The Balaban J connectivity index is 0.000000614. The summed E-state index contributed by atoms with van der Waals surface area (Å²) in [6, 6.07) is 1.63. The van der Waals surface area contributed by atoms with E-state index in [4.69, 9.17) is 11.5 Å². The maximum atomic E-state index is 13.7. The van der Waals surface area contributed by atoms with Crippen molar-refractivity contribution in [3.05, 3.63) is 35.9 Å². The van der Waals surface area contributed by atoms with Gasteiger partial charge in [-0.25, -0.2) is 0 Å². The van der Waals surface area contributed by atoms with Crippen LogP contribution in [0.3, 0.4) is 0 Å². The summed E-state index contributed by atoms with van der Waals surface area (Å²) >= 11 is 0. The average Bonchev–Trinajstić information content (AvgIpc) is 2.49. The molecule has 0 unspecified atom stereocenters. The Hall–Kier alpha value is -7.03. The lowest BCUT2D eigenvalue weighted by atomic mass is 9.83. The lowest BCUT2D eigenvalue weighted by Crippen LogP contribution is -2.58. The summed E-state index contributed by atoms with van der Waals surface area (Å²) in [4.78, 5) is 161. The molecule has 3 rings (SSSR count). The van der Waals surface area contributed by atoms with Gasteiger partial charge in [0.05, 0.1) is 67.8 Å². The van der Waals surface area contributed by atoms with Crippen LogP contribution in [0.15, 0.2) is 35.3 Å². The number of nitrogens with one attached hydrogen (secondary N) is 9. The van der Waals surface area contributed by atoms with Crippen LogP contribution in [0.1, 0.15) is 152 Å². The molecule has 506 valence electrons. The van der Waals surface area contributed by atoms with E-state index in [1.165, 1.54) is 13.8 Å². The number of aliphatic hydroxyl groups excluding tert-OH is 2. The van der Waals surface area contributed by atoms with E-state index in [2.05, 4.69) is 52.8 Å². The number of likely N-dealkylation sites (N-methyl/N-ethyl adjacent to an activating group) is 2. The lowest BCUT2D eigenvalue weighted by Gasteiger charge is -2.29. The van der Waals surface area contributed by atoms with Crippen LogP contribution in [0.5, 0.6) is 0 Å². The van der Waals surface area contributed by atoms with Crippen molar-refractivity contribution in [1.29, 1.82) is 0 Å². The number of carbonyl (C=O) groups is 12. The number of guanidine groups is 1. The van der Waals surface area contributed by atoms with Crippen molar-refractivity contribution < 1.29 is 67.7 Å². The molecule has 15 N–H and O–H groups in total. The molecule has 1 aromatic rings. The zero-order chi connectivity index (χ0) is 68.1. The van der Waals surface area contributed by atoms with Gasteiger partial charge in [0.25, 0.3) is 0 Å². The predicted octanol–water partition coefficient (Wildman–Crippen LogP) is 0.355. The van der Waals surface area contributed by atoms with Gasteiger partial charge in [0.1, 0.15) is 23.9 Å². The maximum absolute atomic E-state index is 13.7. The highest BCUT2D eigenvalue weighted by Crippen LogP contribution is 2.24. The van der Waals surface area contributed by atoms with Crippen LogP contribution in [0.4, 0.5) is 0 Å². The number of rotatable bonds is 35. The minimum absolute atomic E-state index is 0.000758. The van der Waals surface area contributed by atoms with E-state index in [9.17, 15) is 67.7 Å². The van der Waals surface area contributed by atoms with Gasteiger partial charge in [0.15, 0.2) is 29.1 Å². The number of carbonyl (C=O) groups excluding carboxylic acids is 12. The molecule has 1 aromatic carbocycles. The van der Waals surface area contributed by atoms with Crippen LogP contribution in [0.25, 0.3) is 0 Å². The van der Waals surface area contributed by atoms with E-state index in [0.717, 1.165) is 12.0 Å². The molecule has 2 heterocycles. The van der Waals surface area contributed by atoms with E-state index < -0.39 is 132 Å². The van der Waals surface area contributed by atoms with Gasteiger partial charge in [-0.1, -0.05) is 118 Å². The summed E-state index contributed by atoms with van der Waals surface area (Å²) in [5, 5.41) is 45.2. The molecular weight excluding hydrogens is 1160 g/mol. The highest BCUT2D eigenvalue weighted by Gasteiger charge is 2.40. The van der Waals surface area contributed by atoms with E-state index in [1.807, 2.05) is 85.7 Å². The highest BCUT2D eigenvalue weighted by atomic mass is 16.3. The summed E-state index contributed by atoms with van der Waals surface area (Å²) in [6.45, 7) is 18.5. The van der Waals surface area contributed by atoms with Crippen molar-refractivity contribution in [1.82, 2.24) is 47.9 Å². The molecule has 26 heteroatoms. The monoisotopic (exact) mass is 1270 g/mol. The van der Waals surface area contributed by atoms with Gasteiger partial charge in [0, 0.05) is 38.0 Å². The molecule has 2 aliphatic heterocycles. The quantitative estimate of drug-likeness (QED) is 0.0436. The van der Waals surface area contributed by atoms with Crippen molar-refractivity contribution >= 4 is 76.2 Å². The number of primary amides is 1. The Labute approximate surface area is 531 Å². The molecular formula is C64H106N12O14. The number of hydrogen-bond acceptors (Lipinski definition) is 19. The number of benzene rings is 1. The van der Waals surface area contributed by atoms with Crippen LogP contribution in [0, 0.1) is 47.3 Å². The zero-order valence-corrected chi connectivity index (χ0v) is 55.2. The van der Waals surface area contributed by atoms with Crippen molar-refractivity contribution in [3.63, 3.8) is 0 Å². The first-order valence-electron chi connectivity index (χ1n) is 31.8. The summed E-state index contributed by atoms with van der Waals surface area (Å²) in [5.41, 5.74) is 12.0. The largest absolute Gasteiger partial charge is 0.396 e. The minimum Gasteiger partial charge on any atom is -0.396 e. The van der Waals surface area contributed by atoms with Gasteiger partial charge in [-0.3, -0.25) is 62.5 Å². The highest BCUT2D eigenvalue weighted by molar-refractivity contribution is 5.99. The van der Waals surface area contributed by atoms with Crippen molar-refractivity contribution in [2.24, 2.45) is 63.8 Å². The first kappa shape index (κ1) is 79.1. The van der Waals surface area contributed by atoms with Gasteiger partial charge >= 0.3 is 0 Å². The molecule has 0 aromatic heterocycles. The molecule has 0 aliphatic carbocycles. The van der Waals surface area contributed by atoms with E-state index in [0.29, 0.717) is 32.2 Å². The fourth-order valence-electron chi connectivity index (χ4n) is 10.9. The Morgan fingerprint density at radius 1 is 0.667 bits per heavy atom. The normalized spacial score (nSPS) is 22.5. The first-order valence-corrected chi connectivity index (χ1v) is 31.8. The summed E-state index contributed by atoms with van der Waals surface area (Å²) in [5.74, 6) is -10.0. The van der Waals surface area contributed by atoms with Crippen LogP contribution in [0.2, 0.25) is 0 Å². The standard InChI is InChI=1S/C33H52N4O7.C31H54N8O7/c1-7-20(3)25(22(5)39)18-28(40)26(14-15-30(34)42)36-32(43)24(19-38)17-29(41)31(21(4)8-2)37-33(44)27(35-6)16-23-12-10-9-11-13-23;1-8-15(3)24(33-7)23(42)11-19(14-40)28(44)39-26-17(5)10-22(41)25(16(4)9-2)38-29(45)21(12-20-13-34-31(32)36-20)37-27(43)18(6)35-30(26)46/h9-13,20-21,24-27,31,35,38H,7-8,14-19H2,1-6H3,(H2,34,42)(H,36,43)(H,37,44);15-21,24-26,33,40H,8-14H2,1-7H3,(H,35,46)(H,37,43)(H,38,45)(H,39,44)(H3,32,34,36)/t20-,21-,24-,25+,26+,27+,31-;15-,16-,17+,18-,19-,20-,21-,24-,25-,26+/m00/s1. The molecule has 0 bridgehead atoms. The van der Waals surface area contributed by atoms with Crippen LogP contribution < -0.4 is 59.3 Å². The van der Waals surface area contributed by atoms with Crippen molar-refractivity contribution in [2.45, 2.75) is 208 Å². The third-order valence-electron chi connectivity index (χ3n) is 17.7. The van der Waals surface area contributed by atoms with Gasteiger partial charge in [-0.05, 0) is 82.4 Å². The fourth-order valence-corrected chi connectivity index (χ4v) is 10.9. The molecule has 26 nitrogen and oxygen atoms in total. The van der Waals surface area contributed by atoms with Gasteiger partial charge in [0.2, 0.25) is 41.4 Å². The summed E-state index contributed by atoms with van der Waals surface area (Å²) in [6.07, 6.45) is 1.91. The second-order valence-corrected chi connectivity index (χ2v) is 24.6. The third kappa shape index (κ3) is 25.3. The van der Waals surface area contributed by atoms with Gasteiger partial charge in [-0.2, -0.15) is 0 Å². The van der Waals surface area contributed by atoms with Crippen molar-refractivity contribution in [3.8, 4) is 0 Å². The van der Waals surface area contributed by atoms with Gasteiger partial charge in [-0.15, -0.1) is 0 Å². The van der Waals surface area contributed by atoms with E-state index in [1.54, 1.807) is 21.0 Å². The minimum atomic E-state index is -1.28. The second kappa shape index (κ2) is 40.0. The Morgan fingerprint density at radius 2 is 1.24 bits per heavy atom. The topological polar surface area (TPSA) is 418 Å². The number of hydrogen-bond donors (Lipinski definition) is 13. The Kier molecular flexibility index (Phi) is 35.1. The fraction of sp³-hybridized carbons (Fsp3) is 0.703. The number of aliphatic hydroxyl groups is 2. The molecule has 0 saturated carbocycles. The molecule has 1 saturated heterocycles. The number of amides is 7. The van der Waals surface area contributed by atoms with Crippen LogP contribution >= 0.6 is 0 Å². The molecule has 17 atom stereocenters. The predicted molar refractivity (Wildman–Crippen MR) is 340 cm³/mol. The molecule has 2 aliphatic rings. The molecule has 7 amide bonds. The smallest absolute Gasteiger partial charge is 0.243 e. The number of Topliss-reactive ketones (excluding diaryl/α,β-unsaturated/α-hetero) is 5. The van der Waals surface area contributed by atoms with Gasteiger partial charge < -0.3 is 69.5 Å². The number of aliphatic imine (C=N–C) groups is 1. The first-order chi connectivity index (χ1) is 42.4. The molecule has 0 radical (unpaired) electrons. The number of ketones is 5. The summed E-state index contributed by atoms with van der Waals surface area (Å²) < 4.78 is 0. The molecule has 0 spiro atoms. The van der Waals surface area contributed by atoms with Crippen molar-refractivity contribution in [2.75, 3.05) is 33.9 Å². The van der Waals surface area contributed by atoms with Crippen LogP contribution in [-0.4, -0.2) is 175 Å². The number of nitrogens with two attached hydrogens (primary N) is 2. The molecule has 90 heavy (non-hydrogen) atoms. The van der Waals surface area contributed by atoms with Crippen LogP contribution in [-0.2, 0) is 64.0 Å². The van der Waals surface area contributed by atoms with E-state index >= 15 is 0 Å². The number of nitrogens with zero attached hydrogens (tertiary/aromatic N) is 1.